The van der Waals surface area contributed by atoms with Crippen LogP contribution in [0.4, 0.5) is 5.00 Å². The molecule has 0 radical (unpaired) electrons. The lowest BCUT2D eigenvalue weighted by atomic mass is 9.76. The van der Waals surface area contributed by atoms with Crippen LogP contribution in [-0.2, 0) is 12.8 Å². The number of thiophene rings is 1. The predicted molar refractivity (Wildman–Crippen MR) is 66.6 cm³/mol. The predicted octanol–water partition coefficient (Wildman–Crippen LogP) is 3.00. The molecular formula is C12H17NO2S. The van der Waals surface area contributed by atoms with Gasteiger partial charge in [0, 0.05) is 11.9 Å². The Morgan fingerprint density at radius 3 is 2.75 bits per heavy atom. The Balaban J connectivity index is 2.52. The third-order valence-corrected chi connectivity index (χ3v) is 4.53. The van der Waals surface area contributed by atoms with Crippen LogP contribution in [0.5, 0.6) is 0 Å². The molecule has 1 aliphatic carbocycles. The summed E-state index contributed by atoms with van der Waals surface area (Å²) in [5.41, 5.74) is 1.77. The number of carboxylic acid groups (broad SMARTS) is 1. The van der Waals surface area contributed by atoms with Crippen LogP contribution >= 0.6 is 11.3 Å². The van der Waals surface area contributed by atoms with Gasteiger partial charge >= 0.3 is 5.97 Å². The molecule has 1 aliphatic rings. The molecule has 16 heavy (non-hydrogen) atoms. The second-order valence-electron chi connectivity index (χ2n) is 5.10. The molecule has 3 nitrogen and oxygen atoms in total. The van der Waals surface area contributed by atoms with E-state index in [1.165, 1.54) is 4.88 Å². The smallest absolute Gasteiger partial charge is 0.338 e. The number of hydrogen-bond donors (Lipinski definition) is 2. The Bertz CT molecular complexity index is 434. The van der Waals surface area contributed by atoms with E-state index in [0.717, 1.165) is 29.8 Å². The van der Waals surface area contributed by atoms with Crippen molar-refractivity contribution in [1.29, 1.82) is 0 Å². The highest BCUT2D eigenvalue weighted by atomic mass is 32.1. The summed E-state index contributed by atoms with van der Waals surface area (Å²) in [5.74, 6) is -0.806. The zero-order valence-corrected chi connectivity index (χ0v) is 10.7. The monoisotopic (exact) mass is 239 g/mol. The molecule has 1 aromatic heterocycles. The van der Waals surface area contributed by atoms with E-state index in [0.29, 0.717) is 5.56 Å². The number of rotatable bonds is 2. The molecule has 0 aromatic carbocycles. The van der Waals surface area contributed by atoms with E-state index >= 15 is 0 Å². The van der Waals surface area contributed by atoms with E-state index < -0.39 is 5.97 Å². The average molecular weight is 239 g/mol. The maximum atomic E-state index is 11.3. The number of aryl methyl sites for hydroxylation is 1. The van der Waals surface area contributed by atoms with Gasteiger partial charge in [-0.05, 0) is 30.2 Å². The Kier molecular flexibility index (Phi) is 2.70. The van der Waals surface area contributed by atoms with Crippen LogP contribution < -0.4 is 5.32 Å². The SMILES string of the molecule is CNc1sc2c(c1C(=O)O)CC(C)(C)CC2. The maximum Gasteiger partial charge on any atom is 0.338 e. The molecule has 4 heteroatoms. The standard InChI is InChI=1S/C12H17NO2S/c1-12(2)5-4-8-7(6-12)9(11(14)15)10(13-3)16-8/h13H,4-6H2,1-3H3,(H,14,15). The normalized spacial score (nSPS) is 17.9. The lowest BCUT2D eigenvalue weighted by Crippen LogP contribution is -2.22. The fourth-order valence-corrected chi connectivity index (χ4v) is 3.48. The highest BCUT2D eigenvalue weighted by Crippen LogP contribution is 2.43. The lowest BCUT2D eigenvalue weighted by molar-refractivity contribution is 0.0696. The summed E-state index contributed by atoms with van der Waals surface area (Å²) >= 11 is 1.60. The van der Waals surface area contributed by atoms with Crippen molar-refractivity contribution in [1.82, 2.24) is 0 Å². The first-order valence-corrected chi connectivity index (χ1v) is 6.32. The number of anilines is 1. The molecule has 2 rings (SSSR count). The second kappa shape index (κ2) is 3.77. The summed E-state index contributed by atoms with van der Waals surface area (Å²) < 4.78 is 0. The van der Waals surface area contributed by atoms with E-state index in [1.54, 1.807) is 18.4 Å². The molecule has 1 heterocycles. The Morgan fingerprint density at radius 1 is 1.50 bits per heavy atom. The van der Waals surface area contributed by atoms with Gasteiger partial charge in [-0.3, -0.25) is 0 Å². The lowest BCUT2D eigenvalue weighted by Gasteiger charge is -2.29. The largest absolute Gasteiger partial charge is 0.478 e. The summed E-state index contributed by atoms with van der Waals surface area (Å²) in [6.45, 7) is 4.41. The van der Waals surface area contributed by atoms with Gasteiger partial charge in [0.15, 0.2) is 0 Å². The Hall–Kier alpha value is -1.03. The molecule has 88 valence electrons. The summed E-state index contributed by atoms with van der Waals surface area (Å²) in [6.07, 6.45) is 3.03. The van der Waals surface area contributed by atoms with E-state index in [1.807, 2.05) is 0 Å². The Labute approximate surface area is 99.5 Å². The van der Waals surface area contributed by atoms with Gasteiger partial charge in [0.25, 0.3) is 0 Å². The highest BCUT2D eigenvalue weighted by Gasteiger charge is 2.32. The van der Waals surface area contributed by atoms with Gasteiger partial charge in [0.05, 0.1) is 5.56 Å². The summed E-state index contributed by atoms with van der Waals surface area (Å²) in [5, 5.41) is 13.1. The molecular weight excluding hydrogens is 222 g/mol. The Morgan fingerprint density at radius 2 is 2.19 bits per heavy atom. The zero-order valence-electron chi connectivity index (χ0n) is 9.89. The number of carboxylic acids is 1. The van der Waals surface area contributed by atoms with Crippen molar-refractivity contribution >= 4 is 22.3 Å². The van der Waals surface area contributed by atoms with Crippen LogP contribution in [0.1, 0.15) is 41.1 Å². The molecule has 0 bridgehead atoms. The van der Waals surface area contributed by atoms with Gasteiger partial charge in [-0.15, -0.1) is 11.3 Å². The van der Waals surface area contributed by atoms with Crippen LogP contribution in [-0.4, -0.2) is 18.1 Å². The van der Waals surface area contributed by atoms with Crippen LogP contribution in [0.25, 0.3) is 0 Å². The van der Waals surface area contributed by atoms with Gasteiger partial charge in [-0.1, -0.05) is 13.8 Å². The first-order valence-electron chi connectivity index (χ1n) is 5.50. The van der Waals surface area contributed by atoms with Crippen LogP contribution in [0.3, 0.4) is 0 Å². The number of carbonyl (C=O) groups is 1. The van der Waals surface area contributed by atoms with Crippen molar-refractivity contribution in [3.05, 3.63) is 16.0 Å². The van der Waals surface area contributed by atoms with Crippen molar-refractivity contribution < 1.29 is 9.90 Å². The van der Waals surface area contributed by atoms with Crippen molar-refractivity contribution in [3.8, 4) is 0 Å². The van der Waals surface area contributed by atoms with Crippen LogP contribution in [0.15, 0.2) is 0 Å². The number of hydrogen-bond acceptors (Lipinski definition) is 3. The van der Waals surface area contributed by atoms with Gasteiger partial charge in [0.1, 0.15) is 5.00 Å². The molecule has 0 saturated heterocycles. The van der Waals surface area contributed by atoms with Crippen molar-refractivity contribution in [3.63, 3.8) is 0 Å². The number of aromatic carboxylic acids is 1. The zero-order chi connectivity index (χ0) is 11.9. The van der Waals surface area contributed by atoms with Gasteiger partial charge in [-0.25, -0.2) is 4.79 Å². The molecule has 0 spiro atoms. The summed E-state index contributed by atoms with van der Waals surface area (Å²) in [6, 6.07) is 0. The van der Waals surface area contributed by atoms with Gasteiger partial charge in [-0.2, -0.15) is 0 Å². The quantitative estimate of drug-likeness (QED) is 0.834. The third-order valence-electron chi connectivity index (χ3n) is 3.22. The molecule has 0 saturated carbocycles. The first kappa shape index (κ1) is 11.5. The highest BCUT2D eigenvalue weighted by molar-refractivity contribution is 7.16. The second-order valence-corrected chi connectivity index (χ2v) is 6.21. The van der Waals surface area contributed by atoms with E-state index in [2.05, 4.69) is 19.2 Å². The molecule has 0 atom stereocenters. The van der Waals surface area contributed by atoms with Crippen molar-refractivity contribution in [2.45, 2.75) is 33.1 Å². The average Bonchev–Trinajstić information content (AvgIpc) is 2.53. The van der Waals surface area contributed by atoms with E-state index in [4.69, 9.17) is 0 Å². The topological polar surface area (TPSA) is 49.3 Å². The van der Waals surface area contributed by atoms with E-state index in [-0.39, 0.29) is 5.41 Å². The van der Waals surface area contributed by atoms with E-state index in [9.17, 15) is 9.90 Å². The van der Waals surface area contributed by atoms with Crippen LogP contribution in [0, 0.1) is 5.41 Å². The first-order chi connectivity index (χ1) is 7.44. The third kappa shape index (κ3) is 1.82. The van der Waals surface area contributed by atoms with Gasteiger partial charge in [0.2, 0.25) is 0 Å². The minimum Gasteiger partial charge on any atom is -0.478 e. The molecule has 2 N–H and O–H groups in total. The van der Waals surface area contributed by atoms with Gasteiger partial charge < -0.3 is 10.4 Å². The molecule has 0 aliphatic heterocycles. The summed E-state index contributed by atoms with van der Waals surface area (Å²) in [4.78, 5) is 12.5. The minimum atomic E-state index is -0.806. The van der Waals surface area contributed by atoms with Crippen molar-refractivity contribution in [2.24, 2.45) is 5.41 Å². The summed E-state index contributed by atoms with van der Waals surface area (Å²) in [7, 11) is 1.79. The fraction of sp³-hybridized carbons (Fsp3) is 0.583. The number of nitrogens with one attached hydrogen (secondary N) is 1. The maximum absolute atomic E-state index is 11.3. The molecule has 0 fully saturated rings. The number of fused-ring (bicyclic) bond motifs is 1. The molecule has 1 aromatic rings. The molecule has 0 amide bonds. The minimum absolute atomic E-state index is 0.225. The molecule has 0 unspecified atom stereocenters. The fourth-order valence-electron chi connectivity index (χ4n) is 2.32. The van der Waals surface area contributed by atoms with Crippen LogP contribution in [0.2, 0.25) is 0 Å². The van der Waals surface area contributed by atoms with Crippen molar-refractivity contribution in [2.75, 3.05) is 12.4 Å².